The monoisotopic (exact) mass is 218 g/mol. The van der Waals surface area contributed by atoms with Gasteiger partial charge in [0, 0.05) is 10.8 Å². The van der Waals surface area contributed by atoms with E-state index in [4.69, 9.17) is 4.10 Å². The Balaban J connectivity index is 0.000000112. The minimum Gasteiger partial charge on any atom is -0.528 e. The number of benzene rings is 1. The molecule has 0 fully saturated rings. The third kappa shape index (κ3) is 2.02. The molecule has 0 saturated heterocycles. The van der Waals surface area contributed by atoms with Crippen molar-refractivity contribution in [3.05, 3.63) is 46.4 Å². The molecule has 1 aromatic heterocycles. The fraction of sp³-hybridized carbons (Fsp3) is 0.100. The van der Waals surface area contributed by atoms with Crippen molar-refractivity contribution in [2.45, 2.75) is 0 Å². The Bertz CT molecular complexity index is 502. The Morgan fingerprint density at radius 3 is 2.21 bits per heavy atom. The van der Waals surface area contributed by atoms with Crippen molar-refractivity contribution in [3.63, 3.8) is 0 Å². The normalized spacial score (nSPS) is 10.1. The van der Waals surface area contributed by atoms with Crippen molar-refractivity contribution >= 4 is 27.5 Å². The molecule has 1 heterocycles. The molecule has 0 bridgehead atoms. The van der Waals surface area contributed by atoms with Crippen molar-refractivity contribution in [2.24, 2.45) is 6.55 Å². The second-order valence-electron chi connectivity index (χ2n) is 3.10. The summed E-state index contributed by atoms with van der Waals surface area (Å²) < 4.78 is 5.11. The van der Waals surface area contributed by atoms with E-state index in [9.17, 15) is 4.79 Å². The van der Waals surface area contributed by atoms with E-state index in [0.29, 0.717) is 8.62 Å². The molecular formula is C10H10O2Si2. The van der Waals surface area contributed by atoms with Crippen LogP contribution in [0.3, 0.4) is 0 Å². The van der Waals surface area contributed by atoms with Gasteiger partial charge >= 0.3 is 0 Å². The number of rotatable bonds is 0. The average molecular weight is 218 g/mol. The maximum absolute atomic E-state index is 10.5. The van der Waals surface area contributed by atoms with E-state index in [1.54, 1.807) is 0 Å². The van der Waals surface area contributed by atoms with E-state index in [1.165, 1.54) is 0 Å². The first-order chi connectivity index (χ1) is 6.79. The van der Waals surface area contributed by atoms with Gasteiger partial charge in [-0.2, -0.15) is 0 Å². The van der Waals surface area contributed by atoms with Gasteiger partial charge < -0.3 is 4.10 Å². The van der Waals surface area contributed by atoms with Crippen LogP contribution in [-0.4, -0.2) is 16.8 Å². The molecule has 0 amide bonds. The van der Waals surface area contributed by atoms with Crippen molar-refractivity contribution in [1.29, 1.82) is 0 Å². The fourth-order valence-corrected chi connectivity index (χ4v) is 3.67. The molecule has 3 aromatic rings. The zero-order valence-electron chi connectivity index (χ0n) is 7.86. The highest BCUT2D eigenvalue weighted by molar-refractivity contribution is 6.85. The summed E-state index contributed by atoms with van der Waals surface area (Å²) in [5.74, 6) is 0. The van der Waals surface area contributed by atoms with Crippen LogP contribution < -0.4 is 5.43 Å². The van der Waals surface area contributed by atoms with Crippen LogP contribution in [0.25, 0.3) is 10.8 Å². The third-order valence-electron chi connectivity index (χ3n) is 2.02. The largest absolute Gasteiger partial charge is 0.528 e. The summed E-state index contributed by atoms with van der Waals surface area (Å²) in [7, 11) is 0.289. The number of aryl methyl sites for hydroxylation is 1. The summed E-state index contributed by atoms with van der Waals surface area (Å²) in [5.41, 5.74) is 2.38. The Labute approximate surface area is 85.1 Å². The Kier molecular flexibility index (Phi) is 2.65. The summed E-state index contributed by atoms with van der Waals surface area (Å²) in [6.07, 6.45) is 1.84. The number of fused-ring (bicyclic) bond motifs is 1. The fourth-order valence-electron chi connectivity index (χ4n) is 1.19. The highest BCUT2D eigenvalue weighted by Crippen LogP contribution is 2.11. The minimum atomic E-state index is -0.285. The van der Waals surface area contributed by atoms with Crippen LogP contribution in [0.5, 0.6) is 0 Å². The van der Waals surface area contributed by atoms with Crippen molar-refractivity contribution in [3.8, 4) is 0 Å². The van der Waals surface area contributed by atoms with Crippen LogP contribution in [-0.2, 0) is 6.55 Å². The van der Waals surface area contributed by atoms with Gasteiger partial charge in [0.1, 0.15) is 0 Å². The van der Waals surface area contributed by atoms with Crippen molar-refractivity contribution < 1.29 is 4.10 Å². The molecule has 2 aromatic carbocycles. The van der Waals surface area contributed by atoms with Crippen LogP contribution >= 0.6 is 0 Å². The van der Waals surface area contributed by atoms with Crippen LogP contribution in [0.15, 0.2) is 45.1 Å². The minimum absolute atomic E-state index is 0.218. The zero-order valence-corrected chi connectivity index (χ0v) is 10.0. The van der Waals surface area contributed by atoms with Gasteiger partial charge in [-0.1, -0.05) is 24.3 Å². The van der Waals surface area contributed by atoms with Crippen molar-refractivity contribution in [1.82, 2.24) is 0 Å². The molecule has 0 saturated carbocycles. The van der Waals surface area contributed by atoms with Gasteiger partial charge in [0.05, 0.1) is 14.9 Å². The van der Waals surface area contributed by atoms with E-state index >= 15 is 0 Å². The van der Waals surface area contributed by atoms with Gasteiger partial charge in [-0.05, 0) is 12.2 Å². The maximum atomic E-state index is 10.5. The molecule has 0 aliphatic carbocycles. The SMILES string of the molecule is C[si]1occ[siH]1.O=c1c2ccccc12. The smallest absolute Gasteiger partial charge is 0.205 e. The summed E-state index contributed by atoms with van der Waals surface area (Å²) in [6.45, 7) is 2.19. The molecule has 0 radical (unpaired) electrons. The first-order valence-corrected chi connectivity index (χ1v) is 8.81. The number of hydrogen-bond donors (Lipinski definition) is 0. The van der Waals surface area contributed by atoms with E-state index < -0.39 is 0 Å². The Morgan fingerprint density at radius 2 is 1.93 bits per heavy atom. The van der Waals surface area contributed by atoms with Crippen LogP contribution in [0.4, 0.5) is 0 Å². The lowest BCUT2D eigenvalue weighted by atomic mass is 10.4. The third-order valence-corrected chi connectivity index (χ3v) is 5.74. The molecule has 0 unspecified atom stereocenters. The van der Waals surface area contributed by atoms with E-state index in [2.05, 4.69) is 12.2 Å². The van der Waals surface area contributed by atoms with Gasteiger partial charge in [-0.25, -0.2) is 0 Å². The van der Waals surface area contributed by atoms with Crippen LogP contribution in [0.1, 0.15) is 0 Å². The van der Waals surface area contributed by atoms with Crippen LogP contribution in [0.2, 0.25) is 0 Å². The predicted molar refractivity (Wildman–Crippen MR) is 61.0 cm³/mol. The molecule has 0 aliphatic rings. The quantitative estimate of drug-likeness (QED) is 0.527. The average Bonchev–Trinajstić information content (AvgIpc) is 2.62. The molecular weight excluding hydrogens is 208 g/mol. The Hall–Kier alpha value is -1.14. The molecule has 2 nitrogen and oxygen atoms in total. The number of hydrogen-bond acceptors (Lipinski definition) is 2. The van der Waals surface area contributed by atoms with Crippen LogP contribution in [0, 0.1) is 0 Å². The highest BCUT2D eigenvalue weighted by atomic mass is 29.0. The van der Waals surface area contributed by atoms with Gasteiger partial charge in [0.15, 0.2) is 5.43 Å². The first kappa shape index (κ1) is 9.42. The highest BCUT2D eigenvalue weighted by Gasteiger charge is 2.07. The zero-order chi connectivity index (χ0) is 9.97. The first-order valence-electron chi connectivity index (χ1n) is 4.43. The standard InChI is InChI=1S/C7H4O.C3H6OSi2/c8-7-5-3-1-2-4-6(5)7;1-6-4-2-3-5-6/h1-4H;2-3,5H,1H3. The molecule has 3 rings (SSSR count). The lowest BCUT2D eigenvalue weighted by molar-refractivity contribution is 0.659. The van der Waals surface area contributed by atoms with Gasteiger partial charge in [-0.3, -0.25) is 4.79 Å². The summed E-state index contributed by atoms with van der Waals surface area (Å²) >= 11 is 0. The van der Waals surface area contributed by atoms with Gasteiger partial charge in [0.2, 0.25) is 8.15 Å². The molecule has 70 valence electrons. The van der Waals surface area contributed by atoms with E-state index in [-0.39, 0.29) is 13.6 Å². The molecule has 0 aliphatic heterocycles. The van der Waals surface area contributed by atoms with Gasteiger partial charge in [-0.15, -0.1) is 0 Å². The molecule has 0 N–H and O–H groups in total. The lowest BCUT2D eigenvalue weighted by Gasteiger charge is -1.67. The lowest BCUT2D eigenvalue weighted by Crippen LogP contribution is -1.87. The predicted octanol–water partition coefficient (Wildman–Crippen LogP) is 0.988. The second-order valence-corrected chi connectivity index (χ2v) is 8.71. The summed E-state index contributed by atoms with van der Waals surface area (Å²) in [4.78, 5) is 10.5. The van der Waals surface area contributed by atoms with Gasteiger partial charge in [0.25, 0.3) is 0 Å². The summed E-state index contributed by atoms with van der Waals surface area (Å²) in [6, 6.07) is 7.45. The Morgan fingerprint density at radius 1 is 1.29 bits per heavy atom. The molecule has 14 heavy (non-hydrogen) atoms. The van der Waals surface area contributed by atoms with E-state index in [0.717, 1.165) is 10.8 Å². The topological polar surface area (TPSA) is 30.2 Å². The maximum Gasteiger partial charge on any atom is 0.205 e. The van der Waals surface area contributed by atoms with Crippen molar-refractivity contribution in [2.75, 3.05) is 0 Å². The molecule has 0 atom stereocenters. The molecule has 4 heteroatoms. The second kappa shape index (κ2) is 3.93. The molecule has 0 spiro atoms. The van der Waals surface area contributed by atoms with E-state index in [1.807, 2.05) is 30.5 Å². The summed E-state index contributed by atoms with van der Waals surface area (Å²) in [5, 5.41) is 1.79.